The molecule has 1 saturated heterocycles. The first-order valence-corrected chi connectivity index (χ1v) is 8.33. The highest BCUT2D eigenvalue weighted by atomic mass is 35.5. The van der Waals surface area contributed by atoms with Crippen molar-refractivity contribution in [2.45, 2.75) is 0 Å². The fraction of sp³-hybridized carbons (Fsp3) is 0.278. The van der Waals surface area contributed by atoms with Crippen LogP contribution in [0.5, 0.6) is 11.5 Å². The summed E-state index contributed by atoms with van der Waals surface area (Å²) in [5.74, 6) is 1.37. The maximum absolute atomic E-state index is 12.1. The molecule has 0 spiro atoms. The molecule has 0 unspecified atom stereocenters. The van der Waals surface area contributed by atoms with Gasteiger partial charge in [0.1, 0.15) is 11.5 Å². The minimum atomic E-state index is 0.000379. The van der Waals surface area contributed by atoms with Crippen LogP contribution in [0.2, 0.25) is 5.02 Å². The van der Waals surface area contributed by atoms with Crippen molar-refractivity contribution < 1.29 is 9.53 Å². The molecule has 1 fully saturated rings. The lowest BCUT2D eigenvalue weighted by Gasteiger charge is -2.26. The Labute approximate surface area is 146 Å². The van der Waals surface area contributed by atoms with Gasteiger partial charge in [0.25, 0.3) is 0 Å². The van der Waals surface area contributed by atoms with Crippen LogP contribution in [0.1, 0.15) is 0 Å². The van der Waals surface area contributed by atoms with Crippen molar-refractivity contribution >= 4 is 23.2 Å². The predicted molar refractivity (Wildman–Crippen MR) is 95.9 cm³/mol. The largest absolute Gasteiger partial charge is 0.457 e. The molecule has 1 aliphatic heterocycles. The SMILES string of the molecule is O=C(CN1CCNCC1)Nc1ccc(Oc2cccc(Cl)c2)cc1. The molecule has 126 valence electrons. The monoisotopic (exact) mass is 345 g/mol. The Morgan fingerprint density at radius 3 is 2.58 bits per heavy atom. The van der Waals surface area contributed by atoms with Crippen LogP contribution in [0.25, 0.3) is 0 Å². The minimum absolute atomic E-state index is 0.000379. The molecule has 0 saturated carbocycles. The zero-order valence-corrected chi connectivity index (χ0v) is 14.1. The number of hydrogen-bond acceptors (Lipinski definition) is 4. The van der Waals surface area contributed by atoms with Gasteiger partial charge < -0.3 is 15.4 Å². The molecule has 0 aliphatic carbocycles. The maximum Gasteiger partial charge on any atom is 0.238 e. The number of ether oxygens (including phenoxy) is 1. The molecule has 3 rings (SSSR count). The number of nitrogens with one attached hydrogen (secondary N) is 2. The molecule has 24 heavy (non-hydrogen) atoms. The second kappa shape index (κ2) is 8.15. The lowest BCUT2D eigenvalue weighted by molar-refractivity contribution is -0.117. The van der Waals surface area contributed by atoms with E-state index in [1.807, 2.05) is 36.4 Å². The Bertz CT molecular complexity index is 685. The molecular formula is C18H20ClN3O2. The lowest BCUT2D eigenvalue weighted by Crippen LogP contribution is -2.46. The van der Waals surface area contributed by atoms with Crippen molar-refractivity contribution in [1.29, 1.82) is 0 Å². The van der Waals surface area contributed by atoms with Crippen molar-refractivity contribution in [2.24, 2.45) is 0 Å². The first-order chi connectivity index (χ1) is 11.7. The van der Waals surface area contributed by atoms with E-state index in [0.717, 1.165) is 31.9 Å². The van der Waals surface area contributed by atoms with Crippen LogP contribution < -0.4 is 15.4 Å². The number of nitrogens with zero attached hydrogens (tertiary/aromatic N) is 1. The molecule has 2 aromatic rings. The van der Waals surface area contributed by atoms with E-state index in [-0.39, 0.29) is 5.91 Å². The van der Waals surface area contributed by atoms with Crippen LogP contribution in [0, 0.1) is 0 Å². The van der Waals surface area contributed by atoms with Crippen molar-refractivity contribution in [3.05, 3.63) is 53.6 Å². The van der Waals surface area contributed by atoms with Gasteiger partial charge in [-0.05, 0) is 42.5 Å². The normalized spacial score (nSPS) is 15.0. The number of piperazine rings is 1. The van der Waals surface area contributed by atoms with Crippen LogP contribution in [0.15, 0.2) is 48.5 Å². The van der Waals surface area contributed by atoms with Gasteiger partial charge in [0.2, 0.25) is 5.91 Å². The highest BCUT2D eigenvalue weighted by molar-refractivity contribution is 6.30. The van der Waals surface area contributed by atoms with E-state index in [2.05, 4.69) is 15.5 Å². The summed E-state index contributed by atoms with van der Waals surface area (Å²) in [6.45, 7) is 4.09. The molecule has 1 amide bonds. The molecular weight excluding hydrogens is 326 g/mol. The van der Waals surface area contributed by atoms with Crippen LogP contribution >= 0.6 is 11.6 Å². The Kier molecular flexibility index (Phi) is 5.69. The van der Waals surface area contributed by atoms with Crippen molar-refractivity contribution in [3.8, 4) is 11.5 Å². The number of amides is 1. The molecule has 0 atom stereocenters. The van der Waals surface area contributed by atoms with Gasteiger partial charge in [0, 0.05) is 36.9 Å². The van der Waals surface area contributed by atoms with Crippen LogP contribution in [0.3, 0.4) is 0 Å². The first-order valence-electron chi connectivity index (χ1n) is 7.95. The summed E-state index contributed by atoms with van der Waals surface area (Å²) < 4.78 is 5.73. The molecule has 0 bridgehead atoms. The van der Waals surface area contributed by atoms with Gasteiger partial charge in [-0.3, -0.25) is 9.69 Å². The summed E-state index contributed by atoms with van der Waals surface area (Å²) in [5, 5.41) is 6.81. The van der Waals surface area contributed by atoms with Gasteiger partial charge in [-0.2, -0.15) is 0 Å². The predicted octanol–water partition coefficient (Wildman–Crippen LogP) is 2.98. The number of carbonyl (C=O) groups excluding carboxylic acids is 1. The van der Waals surface area contributed by atoms with Gasteiger partial charge in [-0.25, -0.2) is 0 Å². The maximum atomic E-state index is 12.1. The number of hydrogen-bond donors (Lipinski definition) is 2. The lowest BCUT2D eigenvalue weighted by atomic mass is 10.3. The number of carbonyl (C=O) groups is 1. The van der Waals surface area contributed by atoms with Gasteiger partial charge in [-0.1, -0.05) is 17.7 Å². The van der Waals surface area contributed by atoms with Crippen molar-refractivity contribution in [1.82, 2.24) is 10.2 Å². The number of anilines is 1. The second-order valence-corrected chi connectivity index (χ2v) is 6.09. The number of benzene rings is 2. The quantitative estimate of drug-likeness (QED) is 0.874. The van der Waals surface area contributed by atoms with Crippen LogP contribution in [0.4, 0.5) is 5.69 Å². The highest BCUT2D eigenvalue weighted by Crippen LogP contribution is 2.25. The summed E-state index contributed by atoms with van der Waals surface area (Å²) in [7, 11) is 0. The van der Waals surface area contributed by atoms with E-state index in [9.17, 15) is 4.79 Å². The topological polar surface area (TPSA) is 53.6 Å². The zero-order chi connectivity index (χ0) is 16.8. The fourth-order valence-corrected chi connectivity index (χ4v) is 2.73. The van der Waals surface area contributed by atoms with Gasteiger partial charge in [0.15, 0.2) is 0 Å². The van der Waals surface area contributed by atoms with E-state index < -0.39 is 0 Å². The second-order valence-electron chi connectivity index (χ2n) is 5.66. The smallest absolute Gasteiger partial charge is 0.238 e. The Hall–Kier alpha value is -2.08. The molecule has 1 heterocycles. The van der Waals surface area contributed by atoms with Crippen molar-refractivity contribution in [2.75, 3.05) is 38.0 Å². The fourth-order valence-electron chi connectivity index (χ4n) is 2.55. The third-order valence-corrected chi connectivity index (χ3v) is 3.98. The average Bonchev–Trinajstić information content (AvgIpc) is 2.57. The van der Waals surface area contributed by atoms with Crippen LogP contribution in [-0.4, -0.2) is 43.5 Å². The molecule has 2 aromatic carbocycles. The van der Waals surface area contributed by atoms with E-state index in [1.54, 1.807) is 12.1 Å². The van der Waals surface area contributed by atoms with E-state index in [0.29, 0.717) is 23.1 Å². The molecule has 2 N–H and O–H groups in total. The standard InChI is InChI=1S/C18H20ClN3O2/c19-14-2-1-3-17(12-14)24-16-6-4-15(5-7-16)21-18(23)13-22-10-8-20-9-11-22/h1-7,12,20H,8-11,13H2,(H,21,23). The number of rotatable bonds is 5. The molecule has 1 aliphatic rings. The summed E-state index contributed by atoms with van der Waals surface area (Å²) in [4.78, 5) is 14.2. The average molecular weight is 346 g/mol. The van der Waals surface area contributed by atoms with E-state index >= 15 is 0 Å². The minimum Gasteiger partial charge on any atom is -0.457 e. The van der Waals surface area contributed by atoms with Gasteiger partial charge in [0.05, 0.1) is 6.54 Å². The van der Waals surface area contributed by atoms with E-state index in [1.165, 1.54) is 0 Å². The Morgan fingerprint density at radius 1 is 1.12 bits per heavy atom. The molecule has 0 radical (unpaired) electrons. The van der Waals surface area contributed by atoms with Crippen LogP contribution in [-0.2, 0) is 4.79 Å². The molecule has 5 nitrogen and oxygen atoms in total. The zero-order valence-electron chi connectivity index (χ0n) is 13.3. The highest BCUT2D eigenvalue weighted by Gasteiger charge is 2.13. The third kappa shape index (κ3) is 4.96. The Morgan fingerprint density at radius 2 is 1.88 bits per heavy atom. The summed E-state index contributed by atoms with van der Waals surface area (Å²) in [6.07, 6.45) is 0. The summed E-state index contributed by atoms with van der Waals surface area (Å²) in [5.41, 5.74) is 0.758. The molecule has 6 heteroatoms. The molecule has 0 aromatic heterocycles. The summed E-state index contributed by atoms with van der Waals surface area (Å²) in [6, 6.07) is 14.5. The van der Waals surface area contributed by atoms with Gasteiger partial charge in [-0.15, -0.1) is 0 Å². The van der Waals surface area contributed by atoms with Gasteiger partial charge >= 0.3 is 0 Å². The van der Waals surface area contributed by atoms with E-state index in [4.69, 9.17) is 16.3 Å². The summed E-state index contributed by atoms with van der Waals surface area (Å²) >= 11 is 5.94. The van der Waals surface area contributed by atoms with Crippen molar-refractivity contribution in [3.63, 3.8) is 0 Å². The Balaban J connectivity index is 1.53. The first kappa shape index (κ1) is 16.8. The third-order valence-electron chi connectivity index (χ3n) is 3.75. The number of halogens is 1.